The van der Waals surface area contributed by atoms with E-state index in [0.717, 1.165) is 29.8 Å². The summed E-state index contributed by atoms with van der Waals surface area (Å²) in [4.78, 5) is 4.62. The Bertz CT molecular complexity index is 619. The van der Waals surface area contributed by atoms with Gasteiger partial charge in [-0.3, -0.25) is 0 Å². The number of aromatic nitrogens is 2. The fourth-order valence-electron chi connectivity index (χ4n) is 2.77. The lowest BCUT2D eigenvalue weighted by molar-refractivity contribution is 0.128. The van der Waals surface area contributed by atoms with E-state index in [1.54, 1.807) is 0 Å². The van der Waals surface area contributed by atoms with E-state index in [0.29, 0.717) is 11.6 Å². The lowest BCUT2D eigenvalue weighted by atomic mass is 9.87. The Kier molecular flexibility index (Phi) is 4.91. The molecule has 2 aromatic rings. The van der Waals surface area contributed by atoms with Crippen LogP contribution in [0.25, 0.3) is 11.0 Å². The van der Waals surface area contributed by atoms with E-state index in [-0.39, 0.29) is 11.5 Å². The third-order valence-corrected chi connectivity index (χ3v) is 3.91. The average molecular weight is 310 g/mol. The number of nitrogens with one attached hydrogen (secondary N) is 1. The van der Waals surface area contributed by atoms with Crippen molar-refractivity contribution in [1.29, 1.82) is 0 Å². The van der Waals surface area contributed by atoms with Crippen LogP contribution < -0.4 is 5.32 Å². The van der Waals surface area contributed by atoms with E-state index in [2.05, 4.69) is 28.7 Å². The SMILES string of the molecule is CC(O)CC(C)(C)CNCc1nc2cc(Cl)ccc2n1C. The first-order valence-corrected chi connectivity index (χ1v) is 7.66. The van der Waals surface area contributed by atoms with E-state index in [1.165, 1.54) is 0 Å². The lowest BCUT2D eigenvalue weighted by Crippen LogP contribution is -2.32. The Hall–Kier alpha value is -1.10. The quantitative estimate of drug-likeness (QED) is 0.862. The molecule has 5 heteroatoms. The first-order chi connectivity index (χ1) is 9.78. The molecular formula is C16H24ClN3O. The summed E-state index contributed by atoms with van der Waals surface area (Å²) in [5.74, 6) is 0.986. The molecule has 0 aliphatic rings. The van der Waals surface area contributed by atoms with Crippen LogP contribution >= 0.6 is 11.6 Å². The van der Waals surface area contributed by atoms with Crippen molar-refractivity contribution in [3.8, 4) is 0 Å². The molecular weight excluding hydrogens is 286 g/mol. The predicted molar refractivity (Wildman–Crippen MR) is 87.5 cm³/mol. The molecule has 0 fully saturated rings. The van der Waals surface area contributed by atoms with Crippen LogP contribution in [0.2, 0.25) is 5.02 Å². The fraction of sp³-hybridized carbons (Fsp3) is 0.562. The average Bonchev–Trinajstić information content (AvgIpc) is 2.64. The molecule has 21 heavy (non-hydrogen) atoms. The summed E-state index contributed by atoms with van der Waals surface area (Å²) in [7, 11) is 2.02. The minimum atomic E-state index is -0.278. The smallest absolute Gasteiger partial charge is 0.123 e. The van der Waals surface area contributed by atoms with E-state index < -0.39 is 0 Å². The van der Waals surface area contributed by atoms with Gasteiger partial charge >= 0.3 is 0 Å². The van der Waals surface area contributed by atoms with Gasteiger partial charge in [-0.15, -0.1) is 0 Å². The Morgan fingerprint density at radius 2 is 2.14 bits per heavy atom. The van der Waals surface area contributed by atoms with Crippen LogP contribution in [0.5, 0.6) is 0 Å². The second-order valence-electron chi connectivity index (χ2n) is 6.54. The first-order valence-electron chi connectivity index (χ1n) is 7.28. The molecule has 0 saturated carbocycles. The van der Waals surface area contributed by atoms with Crippen molar-refractivity contribution in [2.75, 3.05) is 6.54 Å². The van der Waals surface area contributed by atoms with Gasteiger partial charge in [-0.1, -0.05) is 25.4 Å². The third kappa shape index (κ3) is 4.19. The number of hydrogen-bond donors (Lipinski definition) is 2. The maximum atomic E-state index is 9.51. The topological polar surface area (TPSA) is 50.1 Å². The number of halogens is 1. The first kappa shape index (κ1) is 16.3. The van der Waals surface area contributed by atoms with Gasteiger partial charge in [-0.25, -0.2) is 4.98 Å². The highest BCUT2D eigenvalue weighted by Crippen LogP contribution is 2.22. The Labute approximate surface area is 131 Å². The maximum absolute atomic E-state index is 9.51. The van der Waals surface area contributed by atoms with Gasteiger partial charge in [0, 0.05) is 18.6 Å². The minimum absolute atomic E-state index is 0.0576. The zero-order chi connectivity index (χ0) is 15.6. The summed E-state index contributed by atoms with van der Waals surface area (Å²) in [5, 5.41) is 13.7. The Balaban J connectivity index is 2.02. The molecule has 1 aromatic heterocycles. The van der Waals surface area contributed by atoms with Gasteiger partial charge in [0.1, 0.15) is 5.82 Å². The van der Waals surface area contributed by atoms with Gasteiger partial charge in [0.25, 0.3) is 0 Å². The van der Waals surface area contributed by atoms with Crippen molar-refractivity contribution in [2.45, 2.75) is 39.8 Å². The monoisotopic (exact) mass is 309 g/mol. The van der Waals surface area contributed by atoms with Crippen LogP contribution in [0.3, 0.4) is 0 Å². The summed E-state index contributed by atoms with van der Waals surface area (Å²) < 4.78 is 2.08. The van der Waals surface area contributed by atoms with Crippen molar-refractivity contribution in [2.24, 2.45) is 12.5 Å². The van der Waals surface area contributed by atoms with Crippen LogP contribution in [0, 0.1) is 5.41 Å². The number of aliphatic hydroxyl groups excluding tert-OH is 1. The van der Waals surface area contributed by atoms with E-state index >= 15 is 0 Å². The van der Waals surface area contributed by atoms with Crippen molar-refractivity contribution in [3.63, 3.8) is 0 Å². The molecule has 1 heterocycles. The van der Waals surface area contributed by atoms with Crippen molar-refractivity contribution in [1.82, 2.24) is 14.9 Å². The number of imidazole rings is 1. The van der Waals surface area contributed by atoms with Crippen LogP contribution in [0.1, 0.15) is 33.0 Å². The number of hydrogen-bond acceptors (Lipinski definition) is 3. The van der Waals surface area contributed by atoms with Gasteiger partial charge < -0.3 is 15.0 Å². The number of rotatable bonds is 6. The Morgan fingerprint density at radius 3 is 2.81 bits per heavy atom. The van der Waals surface area contributed by atoms with Gasteiger partial charge in [0.05, 0.1) is 23.7 Å². The largest absolute Gasteiger partial charge is 0.393 e. The predicted octanol–water partition coefficient (Wildman–Crippen LogP) is 3.11. The second-order valence-corrected chi connectivity index (χ2v) is 6.98. The van der Waals surface area contributed by atoms with Gasteiger partial charge in [0.2, 0.25) is 0 Å². The summed E-state index contributed by atoms with van der Waals surface area (Å²) in [6.45, 7) is 7.67. The van der Waals surface area contributed by atoms with Crippen LogP contribution in [0.4, 0.5) is 0 Å². The molecule has 0 aliphatic carbocycles. The number of fused-ring (bicyclic) bond motifs is 1. The molecule has 1 aromatic carbocycles. The van der Waals surface area contributed by atoms with Crippen molar-refractivity contribution >= 4 is 22.6 Å². The molecule has 0 aliphatic heterocycles. The number of aliphatic hydroxyl groups is 1. The molecule has 1 atom stereocenters. The highest BCUT2D eigenvalue weighted by atomic mass is 35.5. The van der Waals surface area contributed by atoms with Crippen LogP contribution in [-0.2, 0) is 13.6 Å². The highest BCUT2D eigenvalue weighted by Gasteiger charge is 2.20. The zero-order valence-electron chi connectivity index (χ0n) is 13.2. The fourth-order valence-corrected chi connectivity index (χ4v) is 2.93. The number of nitrogens with zero attached hydrogens (tertiary/aromatic N) is 2. The zero-order valence-corrected chi connectivity index (χ0v) is 13.9. The summed E-state index contributed by atoms with van der Waals surface area (Å²) in [6.07, 6.45) is 0.498. The summed E-state index contributed by atoms with van der Waals surface area (Å²) in [6, 6.07) is 5.76. The number of benzene rings is 1. The van der Waals surface area contributed by atoms with E-state index in [4.69, 9.17) is 11.6 Å². The molecule has 116 valence electrons. The molecule has 2 rings (SSSR count). The standard InChI is InChI=1S/C16H24ClN3O/c1-11(21)8-16(2,3)10-18-9-15-19-13-7-12(17)5-6-14(13)20(15)4/h5-7,11,18,21H,8-10H2,1-4H3. The molecule has 0 spiro atoms. The normalized spacial score (nSPS) is 13.8. The molecule has 0 saturated heterocycles. The summed E-state index contributed by atoms with van der Waals surface area (Å²) >= 11 is 6.00. The van der Waals surface area contributed by atoms with Gasteiger partial charge in [-0.2, -0.15) is 0 Å². The molecule has 0 amide bonds. The van der Waals surface area contributed by atoms with Crippen LogP contribution in [-0.4, -0.2) is 27.3 Å². The molecule has 4 nitrogen and oxygen atoms in total. The maximum Gasteiger partial charge on any atom is 0.123 e. The molecule has 1 unspecified atom stereocenters. The van der Waals surface area contributed by atoms with Gasteiger partial charge in [-0.05, 0) is 37.0 Å². The lowest BCUT2D eigenvalue weighted by Gasteiger charge is -2.26. The van der Waals surface area contributed by atoms with E-state index in [9.17, 15) is 5.11 Å². The minimum Gasteiger partial charge on any atom is -0.393 e. The number of aryl methyl sites for hydroxylation is 1. The summed E-state index contributed by atoms with van der Waals surface area (Å²) in [5.41, 5.74) is 2.06. The van der Waals surface area contributed by atoms with Gasteiger partial charge in [0.15, 0.2) is 0 Å². The van der Waals surface area contributed by atoms with Crippen molar-refractivity contribution in [3.05, 3.63) is 29.0 Å². The van der Waals surface area contributed by atoms with E-state index in [1.807, 2.05) is 32.2 Å². The molecule has 0 radical (unpaired) electrons. The highest BCUT2D eigenvalue weighted by molar-refractivity contribution is 6.31. The van der Waals surface area contributed by atoms with Crippen molar-refractivity contribution < 1.29 is 5.11 Å². The van der Waals surface area contributed by atoms with Crippen LogP contribution in [0.15, 0.2) is 18.2 Å². The third-order valence-electron chi connectivity index (χ3n) is 3.67. The Morgan fingerprint density at radius 1 is 1.43 bits per heavy atom. The molecule has 0 bridgehead atoms. The molecule has 2 N–H and O–H groups in total. The second kappa shape index (κ2) is 6.34.